The number of aromatic nitrogens is 6. The first-order valence-electron chi connectivity index (χ1n) is 11.0. The van der Waals surface area contributed by atoms with Gasteiger partial charge in [-0.05, 0) is 30.3 Å². The van der Waals surface area contributed by atoms with Gasteiger partial charge < -0.3 is 4.42 Å². The predicted molar refractivity (Wildman–Crippen MR) is 129 cm³/mol. The van der Waals surface area contributed by atoms with Crippen LogP contribution < -0.4 is 5.69 Å². The van der Waals surface area contributed by atoms with E-state index in [0.717, 1.165) is 40.0 Å². The van der Waals surface area contributed by atoms with Gasteiger partial charge in [-0.1, -0.05) is 6.92 Å². The number of rotatable bonds is 6. The Morgan fingerprint density at radius 3 is 2.42 bits per heavy atom. The molecule has 0 amide bonds. The molecule has 0 radical (unpaired) electrons. The summed E-state index contributed by atoms with van der Waals surface area (Å²) in [7, 11) is -9.69. The lowest BCUT2D eigenvalue weighted by atomic mass is 10.3. The lowest BCUT2D eigenvalue weighted by Crippen LogP contribution is -2.23. The van der Waals surface area contributed by atoms with Crippen LogP contribution in [0, 0.1) is 5.82 Å². The largest absolute Gasteiger partial charge is 0.501 e. The fourth-order valence-corrected chi connectivity index (χ4v) is 5.39. The lowest BCUT2D eigenvalue weighted by Gasteiger charge is -2.08. The van der Waals surface area contributed by atoms with E-state index in [0.29, 0.717) is 12.1 Å². The van der Waals surface area contributed by atoms with E-state index >= 15 is 0 Å². The summed E-state index contributed by atoms with van der Waals surface area (Å²) in [5, 5.41) is 3.92. The third-order valence-electron chi connectivity index (χ3n) is 5.59. The van der Waals surface area contributed by atoms with E-state index < -0.39 is 53.2 Å². The quantitative estimate of drug-likeness (QED) is 0.266. The topological polar surface area (TPSA) is 160 Å². The number of oxazole rings is 1. The summed E-state index contributed by atoms with van der Waals surface area (Å²) in [6, 6.07) is 5.54. The lowest BCUT2D eigenvalue weighted by molar-refractivity contribution is -0.0436. The van der Waals surface area contributed by atoms with Crippen LogP contribution in [0.5, 0.6) is 0 Å². The average molecular weight is 599 g/mol. The van der Waals surface area contributed by atoms with Crippen LogP contribution in [-0.2, 0) is 19.7 Å². The summed E-state index contributed by atoms with van der Waals surface area (Å²) >= 11 is 0. The van der Waals surface area contributed by atoms with Gasteiger partial charge in [-0.2, -0.15) is 23.0 Å². The summed E-state index contributed by atoms with van der Waals surface area (Å²) in [5.41, 5.74) is -7.24. The van der Waals surface area contributed by atoms with Crippen molar-refractivity contribution in [1.82, 2.24) is 29.3 Å². The van der Waals surface area contributed by atoms with E-state index in [2.05, 4.69) is 20.1 Å². The average Bonchev–Trinajstić information content (AvgIpc) is 3.50. The summed E-state index contributed by atoms with van der Waals surface area (Å²) in [5.74, 6) is -1.78. The molecule has 18 heteroatoms. The normalized spacial score (nSPS) is 12.7. The van der Waals surface area contributed by atoms with Crippen molar-refractivity contribution in [2.75, 3.05) is 5.75 Å². The maximum Gasteiger partial charge on any atom is 0.501 e. The van der Waals surface area contributed by atoms with Gasteiger partial charge in [0.2, 0.25) is 5.89 Å². The number of benzene rings is 1. The number of pyridine rings is 2. The number of halogens is 4. The van der Waals surface area contributed by atoms with E-state index in [9.17, 15) is 39.2 Å². The zero-order chi connectivity index (χ0) is 29.0. The molecule has 0 aliphatic rings. The maximum atomic E-state index is 13.6. The predicted octanol–water partition coefficient (Wildman–Crippen LogP) is 2.85. The van der Waals surface area contributed by atoms with Crippen LogP contribution >= 0.6 is 0 Å². The Morgan fingerprint density at radius 1 is 1.00 bits per heavy atom. The second-order valence-corrected chi connectivity index (χ2v) is 12.3. The summed E-state index contributed by atoms with van der Waals surface area (Å²) < 4.78 is 109. The Hall–Kier alpha value is -4.45. The molecule has 0 saturated heterocycles. The van der Waals surface area contributed by atoms with E-state index in [-0.39, 0.29) is 33.3 Å². The molecule has 0 bridgehead atoms. The molecule has 40 heavy (non-hydrogen) atoms. The third-order valence-corrected chi connectivity index (χ3v) is 8.83. The van der Waals surface area contributed by atoms with Gasteiger partial charge >= 0.3 is 11.2 Å². The fourth-order valence-electron chi connectivity index (χ4n) is 3.59. The molecule has 0 fully saturated rings. The van der Waals surface area contributed by atoms with E-state index in [1.54, 1.807) is 0 Å². The Bertz CT molecular complexity index is 2070. The number of sulfone groups is 2. The number of hydrogen-bond acceptors (Lipinski definition) is 10. The zero-order valence-corrected chi connectivity index (χ0v) is 21.5. The summed E-state index contributed by atoms with van der Waals surface area (Å²) in [6.07, 6.45) is 3.19. The molecular formula is C22H14F4N6O6S2. The van der Waals surface area contributed by atoms with Gasteiger partial charge in [0.1, 0.15) is 23.4 Å². The van der Waals surface area contributed by atoms with Crippen molar-refractivity contribution < 1.29 is 38.8 Å². The van der Waals surface area contributed by atoms with Crippen LogP contribution in [-0.4, -0.2) is 57.4 Å². The molecular weight excluding hydrogens is 584 g/mol. The van der Waals surface area contributed by atoms with Gasteiger partial charge in [-0.25, -0.2) is 40.6 Å². The molecule has 0 unspecified atom stereocenters. The highest BCUT2D eigenvalue weighted by Gasteiger charge is 2.47. The molecule has 5 rings (SSSR count). The molecule has 4 heterocycles. The smallest absolute Gasteiger partial charge is 0.435 e. The molecule has 1 aromatic carbocycles. The molecule has 0 atom stereocenters. The molecule has 0 aliphatic heterocycles. The van der Waals surface area contributed by atoms with Gasteiger partial charge in [0.05, 0.1) is 33.6 Å². The first-order chi connectivity index (χ1) is 18.7. The minimum Gasteiger partial charge on any atom is -0.435 e. The van der Waals surface area contributed by atoms with Gasteiger partial charge in [0.15, 0.2) is 21.2 Å². The number of alkyl halides is 3. The van der Waals surface area contributed by atoms with Crippen molar-refractivity contribution in [3.8, 4) is 23.1 Å². The van der Waals surface area contributed by atoms with Crippen LogP contribution in [0.25, 0.3) is 34.2 Å². The van der Waals surface area contributed by atoms with Crippen molar-refractivity contribution in [3.05, 3.63) is 71.4 Å². The van der Waals surface area contributed by atoms with Crippen molar-refractivity contribution in [2.45, 2.75) is 22.2 Å². The standard InChI is InChI=1S/C22H14F4N6O6S2/c1-2-39(34,35)17-5-6-18(32-21(33)31(11-28-32)13-7-12(23)9-27-10-13)30-19(17)20-29-15-8-14(3-4-16(15)38-20)40(36,37)22(24,25)26/h3-11H,2H2,1H3. The Labute approximate surface area is 221 Å². The first kappa shape index (κ1) is 27.1. The van der Waals surface area contributed by atoms with Crippen molar-refractivity contribution in [2.24, 2.45) is 0 Å². The Kier molecular flexibility index (Phi) is 6.33. The number of nitrogens with zero attached hydrogens (tertiary/aromatic N) is 6. The van der Waals surface area contributed by atoms with Crippen molar-refractivity contribution >= 4 is 30.8 Å². The van der Waals surface area contributed by atoms with Crippen molar-refractivity contribution in [1.29, 1.82) is 0 Å². The highest BCUT2D eigenvalue weighted by atomic mass is 32.2. The fraction of sp³-hybridized carbons (Fsp3) is 0.136. The minimum atomic E-state index is -5.70. The highest BCUT2D eigenvalue weighted by Crippen LogP contribution is 2.34. The van der Waals surface area contributed by atoms with Crippen LogP contribution in [0.4, 0.5) is 17.6 Å². The van der Waals surface area contributed by atoms with Crippen LogP contribution in [0.3, 0.4) is 0 Å². The second kappa shape index (κ2) is 9.33. The summed E-state index contributed by atoms with van der Waals surface area (Å²) in [4.78, 5) is 23.3. The first-order valence-corrected chi connectivity index (χ1v) is 14.1. The number of hydrogen-bond donors (Lipinski definition) is 0. The van der Waals surface area contributed by atoms with E-state index in [4.69, 9.17) is 4.42 Å². The van der Waals surface area contributed by atoms with Crippen LogP contribution in [0.1, 0.15) is 6.92 Å². The number of fused-ring (bicyclic) bond motifs is 1. The molecule has 0 spiro atoms. The Balaban J connectivity index is 1.68. The minimum absolute atomic E-state index is 0.0465. The Morgan fingerprint density at radius 2 is 1.75 bits per heavy atom. The van der Waals surface area contributed by atoms with E-state index in [1.165, 1.54) is 19.2 Å². The molecule has 208 valence electrons. The van der Waals surface area contributed by atoms with Crippen LogP contribution in [0.2, 0.25) is 0 Å². The molecule has 0 aliphatic carbocycles. The zero-order valence-electron chi connectivity index (χ0n) is 19.9. The molecule has 5 aromatic rings. The summed E-state index contributed by atoms with van der Waals surface area (Å²) in [6.45, 7) is 1.35. The third kappa shape index (κ3) is 4.53. The van der Waals surface area contributed by atoms with E-state index in [1.807, 2.05) is 0 Å². The molecule has 0 saturated carbocycles. The van der Waals surface area contributed by atoms with Gasteiger partial charge in [-0.15, -0.1) is 0 Å². The molecule has 0 N–H and O–H groups in total. The SMILES string of the molecule is CCS(=O)(=O)c1ccc(-n2ncn(-c3cncc(F)c3)c2=O)nc1-c1nc2cc(S(=O)(=O)C(F)(F)F)ccc2o1. The molecule has 4 aromatic heterocycles. The van der Waals surface area contributed by atoms with Crippen LogP contribution in [0.15, 0.2) is 74.1 Å². The second-order valence-electron chi connectivity index (χ2n) is 8.07. The van der Waals surface area contributed by atoms with Gasteiger partial charge in [-0.3, -0.25) is 4.98 Å². The van der Waals surface area contributed by atoms with Gasteiger partial charge in [0.25, 0.3) is 9.84 Å². The van der Waals surface area contributed by atoms with Gasteiger partial charge in [0, 0.05) is 6.07 Å². The maximum absolute atomic E-state index is 13.6. The monoisotopic (exact) mass is 598 g/mol. The highest BCUT2D eigenvalue weighted by molar-refractivity contribution is 7.92. The van der Waals surface area contributed by atoms with Crippen molar-refractivity contribution in [3.63, 3.8) is 0 Å². The molecule has 12 nitrogen and oxygen atoms in total.